The van der Waals surface area contributed by atoms with Crippen LogP contribution in [0.1, 0.15) is 40.5 Å². The molecule has 0 aliphatic carbocycles. The van der Waals surface area contributed by atoms with E-state index < -0.39 is 0 Å². The quantitative estimate of drug-likeness (QED) is 0.726. The molecule has 106 valence electrons. The van der Waals surface area contributed by atoms with Crippen LogP contribution in [0.3, 0.4) is 0 Å². The summed E-state index contributed by atoms with van der Waals surface area (Å²) in [5.41, 5.74) is 0. The molecule has 0 N–H and O–H groups in total. The van der Waals surface area contributed by atoms with E-state index in [0.29, 0.717) is 6.04 Å². The molecule has 1 amide bonds. The average molecular weight is 256 g/mol. The Kier molecular flexibility index (Phi) is 6.65. The number of piperidine rings is 1. The highest BCUT2D eigenvalue weighted by Gasteiger charge is 2.25. The van der Waals surface area contributed by atoms with Crippen LogP contribution in [-0.2, 0) is 9.53 Å². The predicted octanol–water partition coefficient (Wildman–Crippen LogP) is 1.74. The van der Waals surface area contributed by atoms with Gasteiger partial charge in [0.25, 0.3) is 0 Å². The van der Waals surface area contributed by atoms with Gasteiger partial charge in [0.1, 0.15) is 6.61 Å². The molecule has 1 aliphatic heterocycles. The Labute approximate surface area is 111 Å². The minimum absolute atomic E-state index is 0.127. The van der Waals surface area contributed by atoms with Crippen molar-refractivity contribution < 1.29 is 9.53 Å². The summed E-state index contributed by atoms with van der Waals surface area (Å²) in [6.45, 7) is 12.5. The summed E-state index contributed by atoms with van der Waals surface area (Å²) >= 11 is 0. The molecule has 4 heteroatoms. The Balaban J connectivity index is 2.32. The Morgan fingerprint density at radius 2 is 1.83 bits per heavy atom. The van der Waals surface area contributed by atoms with Crippen molar-refractivity contribution in [3.63, 3.8) is 0 Å². The zero-order valence-electron chi connectivity index (χ0n) is 12.3. The fraction of sp³-hybridized carbons (Fsp3) is 0.929. The van der Waals surface area contributed by atoms with Crippen molar-refractivity contribution in [2.45, 2.75) is 52.7 Å². The van der Waals surface area contributed by atoms with E-state index in [1.165, 1.54) is 0 Å². The zero-order chi connectivity index (χ0) is 13.5. The lowest BCUT2D eigenvalue weighted by atomic mass is 10.0. The molecule has 1 rings (SSSR count). The van der Waals surface area contributed by atoms with Gasteiger partial charge in [-0.1, -0.05) is 13.8 Å². The van der Waals surface area contributed by atoms with Gasteiger partial charge in [-0.3, -0.25) is 4.79 Å². The van der Waals surface area contributed by atoms with Gasteiger partial charge in [-0.25, -0.2) is 0 Å². The number of carbonyl (C=O) groups excluding carboxylic acids is 1. The smallest absolute Gasteiger partial charge is 0.248 e. The lowest BCUT2D eigenvalue weighted by Crippen LogP contribution is -2.47. The molecule has 0 spiro atoms. The summed E-state index contributed by atoms with van der Waals surface area (Å²) in [6, 6.07) is 0.648. The molecule has 1 heterocycles. The number of nitrogens with zero attached hydrogens (tertiary/aromatic N) is 2. The van der Waals surface area contributed by atoms with Gasteiger partial charge in [-0.2, -0.15) is 0 Å². The number of ether oxygens (including phenoxy) is 1. The first-order valence-electron chi connectivity index (χ1n) is 7.21. The molecule has 18 heavy (non-hydrogen) atoms. The summed E-state index contributed by atoms with van der Waals surface area (Å²) < 4.78 is 5.37. The van der Waals surface area contributed by atoms with E-state index in [1.54, 1.807) is 0 Å². The van der Waals surface area contributed by atoms with Crippen molar-refractivity contribution in [3.05, 3.63) is 0 Å². The van der Waals surface area contributed by atoms with E-state index >= 15 is 0 Å². The van der Waals surface area contributed by atoms with Gasteiger partial charge in [0.05, 0.1) is 6.10 Å². The second-order valence-corrected chi connectivity index (χ2v) is 5.19. The molecule has 4 nitrogen and oxygen atoms in total. The highest BCUT2D eigenvalue weighted by molar-refractivity contribution is 5.77. The summed E-state index contributed by atoms with van der Waals surface area (Å²) in [4.78, 5) is 16.3. The molecule has 0 radical (unpaired) electrons. The van der Waals surface area contributed by atoms with Crippen LogP contribution in [0.5, 0.6) is 0 Å². The molecular weight excluding hydrogens is 228 g/mol. The number of hydrogen-bond donors (Lipinski definition) is 0. The van der Waals surface area contributed by atoms with Crippen LogP contribution in [0.2, 0.25) is 0 Å². The molecule has 1 fully saturated rings. The van der Waals surface area contributed by atoms with Gasteiger partial charge in [-0.15, -0.1) is 0 Å². The zero-order valence-corrected chi connectivity index (χ0v) is 12.3. The van der Waals surface area contributed by atoms with E-state index in [-0.39, 0.29) is 18.6 Å². The molecule has 0 aromatic heterocycles. The highest BCUT2D eigenvalue weighted by Crippen LogP contribution is 2.16. The molecule has 1 aliphatic rings. The van der Waals surface area contributed by atoms with Crippen LogP contribution in [0.15, 0.2) is 0 Å². The largest absolute Gasteiger partial charge is 0.369 e. The van der Waals surface area contributed by atoms with Gasteiger partial charge < -0.3 is 14.5 Å². The van der Waals surface area contributed by atoms with Gasteiger partial charge in [0.15, 0.2) is 0 Å². The van der Waals surface area contributed by atoms with Crippen molar-refractivity contribution in [2.75, 3.05) is 32.8 Å². The summed E-state index contributed by atoms with van der Waals surface area (Å²) in [5, 5.41) is 0. The summed E-state index contributed by atoms with van der Waals surface area (Å²) in [5.74, 6) is 0.140. The van der Waals surface area contributed by atoms with Crippen molar-refractivity contribution in [1.82, 2.24) is 9.80 Å². The Hall–Kier alpha value is -0.610. The van der Waals surface area contributed by atoms with E-state index in [4.69, 9.17) is 4.74 Å². The Morgan fingerprint density at radius 1 is 1.28 bits per heavy atom. The second-order valence-electron chi connectivity index (χ2n) is 5.19. The molecule has 0 bridgehead atoms. The maximum Gasteiger partial charge on any atom is 0.248 e. The normalized spacial score (nSPS) is 17.8. The van der Waals surface area contributed by atoms with E-state index in [1.807, 2.05) is 18.7 Å². The third-order valence-corrected chi connectivity index (χ3v) is 3.69. The maximum absolute atomic E-state index is 11.9. The standard InChI is InChI=1S/C14H28N2O2/c1-5-15(6-2)13-7-9-16(10-8-13)14(17)11-18-12(3)4/h12-13H,5-11H2,1-4H3. The third kappa shape index (κ3) is 4.58. The van der Waals surface area contributed by atoms with Gasteiger partial charge in [0.2, 0.25) is 5.91 Å². The van der Waals surface area contributed by atoms with E-state index in [2.05, 4.69) is 18.7 Å². The lowest BCUT2D eigenvalue weighted by Gasteiger charge is -2.37. The molecule has 0 atom stereocenters. The molecule has 0 saturated carbocycles. The average Bonchev–Trinajstić information content (AvgIpc) is 2.38. The van der Waals surface area contributed by atoms with E-state index in [9.17, 15) is 4.79 Å². The fourth-order valence-corrected chi connectivity index (χ4v) is 2.55. The van der Waals surface area contributed by atoms with Crippen molar-refractivity contribution >= 4 is 5.91 Å². The number of carbonyl (C=O) groups is 1. The Morgan fingerprint density at radius 3 is 2.28 bits per heavy atom. The van der Waals surface area contributed by atoms with Crippen LogP contribution >= 0.6 is 0 Å². The van der Waals surface area contributed by atoms with Gasteiger partial charge in [-0.05, 0) is 39.8 Å². The number of rotatable bonds is 6. The molecule has 0 aromatic rings. The third-order valence-electron chi connectivity index (χ3n) is 3.69. The number of hydrogen-bond acceptors (Lipinski definition) is 3. The van der Waals surface area contributed by atoms with Crippen LogP contribution in [0.4, 0.5) is 0 Å². The number of likely N-dealkylation sites (tertiary alicyclic amines) is 1. The van der Waals surface area contributed by atoms with Crippen molar-refractivity contribution in [3.8, 4) is 0 Å². The molecule has 1 saturated heterocycles. The van der Waals surface area contributed by atoms with Crippen LogP contribution in [-0.4, -0.2) is 60.6 Å². The monoisotopic (exact) mass is 256 g/mol. The SMILES string of the molecule is CCN(CC)C1CCN(C(=O)COC(C)C)CC1. The first-order valence-corrected chi connectivity index (χ1v) is 7.21. The van der Waals surface area contributed by atoms with E-state index in [0.717, 1.165) is 39.0 Å². The minimum Gasteiger partial charge on any atom is -0.369 e. The predicted molar refractivity (Wildman–Crippen MR) is 73.6 cm³/mol. The van der Waals surface area contributed by atoms with Crippen LogP contribution < -0.4 is 0 Å². The molecule has 0 aromatic carbocycles. The minimum atomic E-state index is 0.127. The van der Waals surface area contributed by atoms with Gasteiger partial charge >= 0.3 is 0 Å². The maximum atomic E-state index is 11.9. The summed E-state index contributed by atoms with van der Waals surface area (Å²) in [6.07, 6.45) is 2.31. The van der Waals surface area contributed by atoms with Crippen LogP contribution in [0, 0.1) is 0 Å². The van der Waals surface area contributed by atoms with Crippen molar-refractivity contribution in [2.24, 2.45) is 0 Å². The second kappa shape index (κ2) is 7.74. The van der Waals surface area contributed by atoms with Gasteiger partial charge in [0, 0.05) is 19.1 Å². The first kappa shape index (κ1) is 15.4. The Bertz CT molecular complexity index is 244. The number of amides is 1. The molecule has 0 unspecified atom stereocenters. The topological polar surface area (TPSA) is 32.8 Å². The van der Waals surface area contributed by atoms with Crippen molar-refractivity contribution in [1.29, 1.82) is 0 Å². The van der Waals surface area contributed by atoms with Crippen LogP contribution in [0.25, 0.3) is 0 Å². The highest BCUT2D eigenvalue weighted by atomic mass is 16.5. The molecular formula is C14H28N2O2. The first-order chi connectivity index (χ1) is 8.58. The lowest BCUT2D eigenvalue weighted by molar-refractivity contribution is -0.139. The summed E-state index contributed by atoms with van der Waals surface area (Å²) in [7, 11) is 0. The fourth-order valence-electron chi connectivity index (χ4n) is 2.55.